The summed E-state index contributed by atoms with van der Waals surface area (Å²) in [6.07, 6.45) is 1.06. The molecule has 40 heavy (non-hydrogen) atoms. The number of aromatic nitrogens is 4. The largest absolute Gasteiger partial charge is 0.324 e. The fraction of sp³-hybridized carbons (Fsp3) is 0.0833. The maximum absolute atomic E-state index is 5.04. The van der Waals surface area contributed by atoms with Gasteiger partial charge in [0, 0.05) is 23.2 Å². The minimum atomic E-state index is 0.890. The average Bonchev–Trinajstić information content (AvgIpc) is 3.39. The Labute approximate surface area is 233 Å². The fourth-order valence-corrected chi connectivity index (χ4v) is 5.38. The molecule has 2 aromatic heterocycles. The number of aryl methyl sites for hydroxylation is 1. The molecule has 192 valence electrons. The maximum Gasteiger partial charge on any atom is 0.141 e. The first-order chi connectivity index (χ1) is 19.8. The van der Waals surface area contributed by atoms with Gasteiger partial charge in [0.05, 0.1) is 33.5 Å². The molecule has 4 nitrogen and oxygen atoms in total. The summed E-state index contributed by atoms with van der Waals surface area (Å²) < 4.78 is 2.33. The molecule has 0 fully saturated rings. The van der Waals surface area contributed by atoms with Gasteiger partial charge in [0.2, 0.25) is 0 Å². The van der Waals surface area contributed by atoms with E-state index in [1.807, 2.05) is 42.5 Å². The molecule has 0 aliphatic carbocycles. The van der Waals surface area contributed by atoms with Crippen molar-refractivity contribution in [2.45, 2.75) is 19.9 Å². The van der Waals surface area contributed by atoms with Gasteiger partial charge in [-0.05, 0) is 41.8 Å². The molecule has 0 amide bonds. The summed E-state index contributed by atoms with van der Waals surface area (Å²) in [5, 5.41) is 0. The number of hydrogen-bond donors (Lipinski definition) is 0. The molecule has 0 radical (unpaired) electrons. The van der Waals surface area contributed by atoms with Crippen LogP contribution >= 0.6 is 0 Å². The SMILES string of the molecule is CCCn1c(-c2ccc(-c3ccc(-c4nc5ccccc5nc4-c4ccccc4)cc3)cc2)nc2ccccc21. The number of benzene rings is 5. The van der Waals surface area contributed by atoms with Crippen molar-refractivity contribution in [3.05, 3.63) is 127 Å². The van der Waals surface area contributed by atoms with E-state index in [4.69, 9.17) is 15.0 Å². The molecule has 0 aliphatic heterocycles. The zero-order valence-electron chi connectivity index (χ0n) is 22.3. The molecule has 0 aliphatic rings. The summed E-state index contributed by atoms with van der Waals surface area (Å²) >= 11 is 0. The first-order valence-corrected chi connectivity index (χ1v) is 13.8. The molecular weight excluding hydrogens is 488 g/mol. The van der Waals surface area contributed by atoms with Crippen LogP contribution in [0.2, 0.25) is 0 Å². The van der Waals surface area contributed by atoms with Crippen molar-refractivity contribution in [1.82, 2.24) is 19.5 Å². The van der Waals surface area contributed by atoms with Crippen LogP contribution in [0.4, 0.5) is 0 Å². The highest BCUT2D eigenvalue weighted by Crippen LogP contribution is 2.33. The molecule has 0 N–H and O–H groups in total. The summed E-state index contributed by atoms with van der Waals surface area (Å²) in [7, 11) is 0. The number of para-hydroxylation sites is 4. The number of rotatable bonds is 6. The Kier molecular flexibility index (Phi) is 6.14. The minimum absolute atomic E-state index is 0.890. The number of fused-ring (bicyclic) bond motifs is 2. The monoisotopic (exact) mass is 516 g/mol. The predicted octanol–water partition coefficient (Wildman–Crippen LogP) is 9.06. The Hall–Kier alpha value is -5.09. The van der Waals surface area contributed by atoms with Crippen molar-refractivity contribution in [3.63, 3.8) is 0 Å². The normalized spacial score (nSPS) is 11.3. The van der Waals surface area contributed by atoms with Gasteiger partial charge >= 0.3 is 0 Å². The third-order valence-electron chi connectivity index (χ3n) is 7.35. The van der Waals surface area contributed by atoms with Gasteiger partial charge in [-0.2, -0.15) is 0 Å². The topological polar surface area (TPSA) is 43.6 Å². The lowest BCUT2D eigenvalue weighted by Gasteiger charge is -2.12. The van der Waals surface area contributed by atoms with Crippen molar-refractivity contribution < 1.29 is 0 Å². The smallest absolute Gasteiger partial charge is 0.141 e. The lowest BCUT2D eigenvalue weighted by molar-refractivity contribution is 0.704. The number of hydrogen-bond acceptors (Lipinski definition) is 3. The second-order valence-electron chi connectivity index (χ2n) is 10.0. The molecule has 0 spiro atoms. The van der Waals surface area contributed by atoms with Gasteiger partial charge in [0.1, 0.15) is 5.82 Å². The molecule has 7 rings (SSSR count). The van der Waals surface area contributed by atoms with Gasteiger partial charge in [-0.1, -0.05) is 110 Å². The van der Waals surface area contributed by atoms with Crippen molar-refractivity contribution >= 4 is 22.1 Å². The van der Waals surface area contributed by atoms with Crippen LogP contribution in [0.25, 0.3) is 67.1 Å². The van der Waals surface area contributed by atoms with Crippen LogP contribution in [0.1, 0.15) is 13.3 Å². The number of nitrogens with zero attached hydrogens (tertiary/aromatic N) is 4. The summed E-state index contributed by atoms with van der Waals surface area (Å²) in [5.41, 5.74) is 11.4. The number of imidazole rings is 1. The van der Waals surface area contributed by atoms with Crippen LogP contribution < -0.4 is 0 Å². The molecule has 0 atom stereocenters. The molecule has 2 heterocycles. The van der Waals surface area contributed by atoms with Crippen molar-refractivity contribution in [3.8, 4) is 45.0 Å². The lowest BCUT2D eigenvalue weighted by Crippen LogP contribution is -1.99. The molecule has 0 unspecified atom stereocenters. The Bertz CT molecular complexity index is 1940. The van der Waals surface area contributed by atoms with E-state index in [-0.39, 0.29) is 0 Å². The van der Waals surface area contributed by atoms with E-state index >= 15 is 0 Å². The summed E-state index contributed by atoms with van der Waals surface area (Å²) in [6, 6.07) is 44.1. The quantitative estimate of drug-likeness (QED) is 0.221. The van der Waals surface area contributed by atoms with Crippen LogP contribution in [-0.2, 0) is 6.54 Å². The molecule has 0 saturated heterocycles. The van der Waals surface area contributed by atoms with Gasteiger partial charge < -0.3 is 4.57 Å². The highest BCUT2D eigenvalue weighted by Gasteiger charge is 2.14. The third-order valence-corrected chi connectivity index (χ3v) is 7.35. The Morgan fingerprint density at radius 2 is 0.925 bits per heavy atom. The summed E-state index contributed by atoms with van der Waals surface area (Å²) in [5.74, 6) is 1.02. The van der Waals surface area contributed by atoms with Crippen LogP contribution in [0, 0.1) is 0 Å². The summed E-state index contributed by atoms with van der Waals surface area (Å²) in [6.45, 7) is 3.15. The third kappa shape index (κ3) is 4.34. The zero-order chi connectivity index (χ0) is 26.9. The average molecular weight is 517 g/mol. The van der Waals surface area contributed by atoms with Crippen molar-refractivity contribution in [2.24, 2.45) is 0 Å². The predicted molar refractivity (Wildman–Crippen MR) is 165 cm³/mol. The Morgan fingerprint density at radius 1 is 0.450 bits per heavy atom. The maximum atomic E-state index is 5.04. The van der Waals surface area contributed by atoms with E-state index in [1.165, 1.54) is 11.1 Å². The van der Waals surface area contributed by atoms with Gasteiger partial charge in [0.15, 0.2) is 0 Å². The van der Waals surface area contributed by atoms with E-state index in [0.29, 0.717) is 0 Å². The van der Waals surface area contributed by atoms with Crippen LogP contribution in [0.15, 0.2) is 127 Å². The Balaban J connectivity index is 1.24. The minimum Gasteiger partial charge on any atom is -0.324 e. The van der Waals surface area contributed by atoms with E-state index in [2.05, 4.69) is 96.4 Å². The lowest BCUT2D eigenvalue weighted by atomic mass is 9.99. The van der Waals surface area contributed by atoms with Gasteiger partial charge in [-0.15, -0.1) is 0 Å². The first-order valence-electron chi connectivity index (χ1n) is 13.8. The molecule has 7 aromatic rings. The van der Waals surface area contributed by atoms with E-state index in [0.717, 1.165) is 69.0 Å². The van der Waals surface area contributed by atoms with Crippen molar-refractivity contribution in [2.75, 3.05) is 0 Å². The molecular formula is C36H28N4. The molecule has 4 heteroatoms. The second kappa shape index (κ2) is 10.2. The van der Waals surface area contributed by atoms with Crippen LogP contribution in [0.3, 0.4) is 0 Å². The second-order valence-corrected chi connectivity index (χ2v) is 10.0. The molecule has 5 aromatic carbocycles. The highest BCUT2D eigenvalue weighted by molar-refractivity contribution is 5.87. The highest BCUT2D eigenvalue weighted by atomic mass is 15.1. The van der Waals surface area contributed by atoms with Crippen LogP contribution in [0.5, 0.6) is 0 Å². The standard InChI is InChI=1S/C36H28N4/c1-2-24-40-33-15-9-8-14-32(33)39-36(40)29-22-18-26(19-23-29)25-16-20-28(21-17-25)35-34(27-10-4-3-5-11-27)37-30-12-6-7-13-31(30)38-35/h3-23H,2,24H2,1H3. The zero-order valence-corrected chi connectivity index (χ0v) is 22.3. The van der Waals surface area contributed by atoms with Gasteiger partial charge in [0.25, 0.3) is 0 Å². The van der Waals surface area contributed by atoms with Crippen LogP contribution in [-0.4, -0.2) is 19.5 Å². The molecule has 0 bridgehead atoms. The van der Waals surface area contributed by atoms with E-state index in [1.54, 1.807) is 0 Å². The summed E-state index contributed by atoms with van der Waals surface area (Å²) in [4.78, 5) is 15.0. The van der Waals surface area contributed by atoms with Gasteiger partial charge in [-0.3, -0.25) is 0 Å². The van der Waals surface area contributed by atoms with Crippen molar-refractivity contribution in [1.29, 1.82) is 0 Å². The van der Waals surface area contributed by atoms with Gasteiger partial charge in [-0.25, -0.2) is 15.0 Å². The fourth-order valence-electron chi connectivity index (χ4n) is 5.38. The van der Waals surface area contributed by atoms with E-state index < -0.39 is 0 Å². The first kappa shape index (κ1) is 24.0. The Morgan fingerprint density at radius 3 is 1.52 bits per heavy atom. The molecule has 0 saturated carbocycles. The van der Waals surface area contributed by atoms with E-state index in [9.17, 15) is 0 Å².